The van der Waals surface area contributed by atoms with Crippen LogP contribution < -0.4 is 5.32 Å². The molecule has 0 aliphatic carbocycles. The summed E-state index contributed by atoms with van der Waals surface area (Å²) in [5, 5.41) is 15.3. The molecule has 1 N–H and O–H groups in total. The molecular formula is C20H17ClN6OS. The highest BCUT2D eigenvalue weighted by atomic mass is 35.5. The van der Waals surface area contributed by atoms with Crippen LogP contribution in [0.15, 0.2) is 48.9 Å². The summed E-state index contributed by atoms with van der Waals surface area (Å²) in [6, 6.07) is 11.3. The van der Waals surface area contributed by atoms with E-state index < -0.39 is 0 Å². The van der Waals surface area contributed by atoms with Crippen molar-refractivity contribution in [3.8, 4) is 5.69 Å². The van der Waals surface area contributed by atoms with Crippen molar-refractivity contribution in [1.29, 1.82) is 0 Å². The van der Waals surface area contributed by atoms with E-state index >= 15 is 0 Å². The first-order valence-corrected chi connectivity index (χ1v) is 10.0. The van der Waals surface area contributed by atoms with E-state index in [4.69, 9.17) is 11.6 Å². The quantitative estimate of drug-likeness (QED) is 0.518. The van der Waals surface area contributed by atoms with Gasteiger partial charge in [-0.1, -0.05) is 29.8 Å². The standard InChI is InChI=1S/C20H17ClN6OS/c1-12-4-3-5-14(18(12)21)9-16-10-22-20(29-16)24-19(28)15-6-7-17(13(2)8-15)27-11-23-25-26-27/h3-8,10-11H,9H2,1-2H3,(H,22,24,28). The SMILES string of the molecule is Cc1cc(C(=O)Nc2ncc(Cc3cccc(C)c3Cl)s2)ccc1-n1cnnn1. The topological polar surface area (TPSA) is 85.6 Å². The summed E-state index contributed by atoms with van der Waals surface area (Å²) in [7, 11) is 0. The predicted octanol–water partition coefficient (Wildman–Crippen LogP) is 4.23. The summed E-state index contributed by atoms with van der Waals surface area (Å²) in [6.45, 7) is 3.89. The smallest absolute Gasteiger partial charge is 0.257 e. The number of amides is 1. The first-order valence-electron chi connectivity index (χ1n) is 8.85. The van der Waals surface area contributed by atoms with Crippen LogP contribution in [0.5, 0.6) is 0 Å². The minimum Gasteiger partial charge on any atom is -0.298 e. The van der Waals surface area contributed by atoms with Gasteiger partial charge in [-0.3, -0.25) is 10.1 Å². The van der Waals surface area contributed by atoms with E-state index in [1.165, 1.54) is 17.7 Å². The molecule has 29 heavy (non-hydrogen) atoms. The molecule has 0 fully saturated rings. The first kappa shape index (κ1) is 19.2. The molecule has 0 bridgehead atoms. The number of carbonyl (C=O) groups is 1. The van der Waals surface area contributed by atoms with E-state index in [0.717, 1.165) is 32.3 Å². The number of thiazole rings is 1. The average molecular weight is 425 g/mol. The van der Waals surface area contributed by atoms with Crippen LogP contribution in [-0.2, 0) is 6.42 Å². The Morgan fingerprint density at radius 3 is 2.83 bits per heavy atom. The van der Waals surface area contributed by atoms with Crippen molar-refractivity contribution >= 4 is 34.0 Å². The second-order valence-corrected chi connectivity index (χ2v) is 8.06. The van der Waals surface area contributed by atoms with Gasteiger partial charge in [0.05, 0.1) is 5.69 Å². The van der Waals surface area contributed by atoms with E-state index in [0.29, 0.717) is 17.1 Å². The van der Waals surface area contributed by atoms with Gasteiger partial charge in [0.2, 0.25) is 0 Å². The predicted molar refractivity (Wildman–Crippen MR) is 113 cm³/mol. The van der Waals surface area contributed by atoms with Gasteiger partial charge in [-0.15, -0.1) is 16.4 Å². The highest BCUT2D eigenvalue weighted by Crippen LogP contribution is 2.27. The van der Waals surface area contributed by atoms with Crippen LogP contribution in [-0.4, -0.2) is 31.1 Å². The largest absolute Gasteiger partial charge is 0.298 e. The van der Waals surface area contributed by atoms with E-state index in [2.05, 4.69) is 25.8 Å². The third-order valence-corrected chi connectivity index (χ3v) is 5.92. The molecule has 7 nitrogen and oxygen atoms in total. The Morgan fingerprint density at radius 1 is 1.21 bits per heavy atom. The van der Waals surface area contributed by atoms with Gasteiger partial charge < -0.3 is 0 Å². The lowest BCUT2D eigenvalue weighted by atomic mass is 10.1. The number of hydrogen-bond donors (Lipinski definition) is 1. The molecule has 0 radical (unpaired) electrons. The molecule has 0 aliphatic heterocycles. The van der Waals surface area contributed by atoms with Crippen molar-refractivity contribution < 1.29 is 4.79 Å². The van der Waals surface area contributed by atoms with Gasteiger partial charge in [0.25, 0.3) is 5.91 Å². The van der Waals surface area contributed by atoms with Crippen LogP contribution in [0.4, 0.5) is 5.13 Å². The molecular weight excluding hydrogens is 408 g/mol. The molecule has 0 saturated heterocycles. The number of aryl methyl sites for hydroxylation is 2. The highest BCUT2D eigenvalue weighted by Gasteiger charge is 2.13. The monoisotopic (exact) mass is 424 g/mol. The number of tetrazole rings is 1. The maximum atomic E-state index is 12.6. The maximum absolute atomic E-state index is 12.6. The molecule has 9 heteroatoms. The van der Waals surface area contributed by atoms with Crippen LogP contribution >= 0.6 is 22.9 Å². The average Bonchev–Trinajstić information content (AvgIpc) is 3.38. The first-order chi connectivity index (χ1) is 14.0. The molecule has 0 saturated carbocycles. The molecule has 4 aromatic rings. The highest BCUT2D eigenvalue weighted by molar-refractivity contribution is 7.15. The van der Waals surface area contributed by atoms with Crippen molar-refractivity contribution in [2.45, 2.75) is 20.3 Å². The fourth-order valence-corrected chi connectivity index (χ4v) is 4.00. The van der Waals surface area contributed by atoms with E-state index in [9.17, 15) is 4.79 Å². The Balaban J connectivity index is 1.47. The number of hydrogen-bond acceptors (Lipinski definition) is 6. The van der Waals surface area contributed by atoms with Crippen molar-refractivity contribution in [3.63, 3.8) is 0 Å². The number of carbonyl (C=O) groups excluding carboxylic acids is 1. The maximum Gasteiger partial charge on any atom is 0.257 e. The summed E-state index contributed by atoms with van der Waals surface area (Å²) in [4.78, 5) is 18.0. The molecule has 4 rings (SSSR count). The summed E-state index contributed by atoms with van der Waals surface area (Å²) in [6.07, 6.45) is 3.96. The zero-order chi connectivity index (χ0) is 20.4. The number of benzene rings is 2. The third kappa shape index (κ3) is 4.18. The number of anilines is 1. The fraction of sp³-hybridized carbons (Fsp3) is 0.150. The van der Waals surface area contributed by atoms with Crippen molar-refractivity contribution in [1.82, 2.24) is 25.2 Å². The molecule has 146 valence electrons. The van der Waals surface area contributed by atoms with Gasteiger partial charge in [0, 0.05) is 28.1 Å². The normalized spacial score (nSPS) is 10.9. The summed E-state index contributed by atoms with van der Waals surface area (Å²) < 4.78 is 1.56. The molecule has 0 atom stereocenters. The second kappa shape index (κ2) is 8.10. The lowest BCUT2D eigenvalue weighted by molar-refractivity contribution is 0.102. The Morgan fingerprint density at radius 2 is 2.07 bits per heavy atom. The van der Waals surface area contributed by atoms with Gasteiger partial charge in [-0.2, -0.15) is 0 Å². The van der Waals surface area contributed by atoms with E-state index in [1.54, 1.807) is 23.0 Å². The molecule has 1 amide bonds. The molecule has 2 aromatic heterocycles. The number of halogens is 1. The minimum atomic E-state index is -0.217. The Hall–Kier alpha value is -3.10. The number of nitrogens with zero attached hydrogens (tertiary/aromatic N) is 5. The molecule has 0 spiro atoms. The van der Waals surface area contributed by atoms with Crippen molar-refractivity contribution in [2.75, 3.05) is 5.32 Å². The number of aromatic nitrogens is 5. The zero-order valence-corrected chi connectivity index (χ0v) is 17.3. The third-order valence-electron chi connectivity index (χ3n) is 4.47. The molecule has 0 unspecified atom stereocenters. The van der Waals surface area contributed by atoms with Gasteiger partial charge in [0.15, 0.2) is 5.13 Å². The fourth-order valence-electron chi connectivity index (χ4n) is 2.97. The number of rotatable bonds is 5. The van der Waals surface area contributed by atoms with Crippen LogP contribution in [0.25, 0.3) is 5.69 Å². The van der Waals surface area contributed by atoms with Gasteiger partial charge in [-0.05, 0) is 59.2 Å². The Kier molecular flexibility index (Phi) is 5.37. The summed E-state index contributed by atoms with van der Waals surface area (Å²) in [5.41, 5.74) is 4.33. The molecule has 0 aliphatic rings. The zero-order valence-electron chi connectivity index (χ0n) is 15.8. The van der Waals surface area contributed by atoms with Crippen LogP contribution in [0.3, 0.4) is 0 Å². The number of nitrogens with one attached hydrogen (secondary N) is 1. The van der Waals surface area contributed by atoms with Gasteiger partial charge >= 0.3 is 0 Å². The molecule has 2 heterocycles. The van der Waals surface area contributed by atoms with Crippen molar-refractivity contribution in [2.24, 2.45) is 0 Å². The summed E-state index contributed by atoms with van der Waals surface area (Å²) in [5.74, 6) is -0.217. The Bertz CT molecular complexity index is 1170. The van der Waals surface area contributed by atoms with Crippen LogP contribution in [0, 0.1) is 13.8 Å². The minimum absolute atomic E-state index is 0.217. The Labute approximate surface area is 176 Å². The van der Waals surface area contributed by atoms with Gasteiger partial charge in [-0.25, -0.2) is 9.67 Å². The lowest BCUT2D eigenvalue weighted by Gasteiger charge is -2.07. The second-order valence-electron chi connectivity index (χ2n) is 6.57. The molecule has 2 aromatic carbocycles. The lowest BCUT2D eigenvalue weighted by Crippen LogP contribution is -2.12. The van der Waals surface area contributed by atoms with Crippen LogP contribution in [0.2, 0.25) is 5.02 Å². The van der Waals surface area contributed by atoms with Crippen molar-refractivity contribution in [3.05, 3.63) is 81.1 Å². The van der Waals surface area contributed by atoms with E-state index in [1.807, 2.05) is 38.1 Å². The summed E-state index contributed by atoms with van der Waals surface area (Å²) >= 11 is 7.82. The van der Waals surface area contributed by atoms with Gasteiger partial charge in [0.1, 0.15) is 6.33 Å². The van der Waals surface area contributed by atoms with E-state index in [-0.39, 0.29) is 5.91 Å². The van der Waals surface area contributed by atoms with Crippen LogP contribution in [0.1, 0.15) is 31.9 Å².